The van der Waals surface area contributed by atoms with E-state index in [9.17, 15) is 9.59 Å². The second-order valence-corrected chi connectivity index (χ2v) is 6.68. The van der Waals surface area contributed by atoms with Crippen LogP contribution in [0.1, 0.15) is 37.4 Å². The molecule has 0 bridgehead atoms. The lowest BCUT2D eigenvalue weighted by molar-refractivity contribution is 0.0531. The standard InChI is InChI=1S/C16H20N4O3S/c1-10-7-12(11(2)23-10)15(21)19-3-5-20(6-4-19)16(22)13-9-24-14(8-17)18-13/h7,9H,3-6,8,17H2,1-2H3. The average molecular weight is 348 g/mol. The number of nitrogens with two attached hydrogens (primary N) is 1. The molecular weight excluding hydrogens is 328 g/mol. The molecule has 3 heterocycles. The molecule has 0 atom stereocenters. The number of hydrogen-bond donors (Lipinski definition) is 1. The fraction of sp³-hybridized carbons (Fsp3) is 0.438. The molecule has 0 spiro atoms. The number of nitrogens with zero attached hydrogens (tertiary/aromatic N) is 3. The molecule has 7 nitrogen and oxygen atoms in total. The fourth-order valence-electron chi connectivity index (χ4n) is 2.79. The normalized spacial score (nSPS) is 15.0. The molecule has 1 fully saturated rings. The Morgan fingerprint density at radius 1 is 1.21 bits per heavy atom. The van der Waals surface area contributed by atoms with Crippen LogP contribution in [-0.4, -0.2) is 52.8 Å². The third kappa shape index (κ3) is 3.20. The zero-order valence-corrected chi connectivity index (χ0v) is 14.6. The Balaban J connectivity index is 1.62. The van der Waals surface area contributed by atoms with E-state index in [2.05, 4.69) is 4.98 Å². The van der Waals surface area contributed by atoms with Crippen molar-refractivity contribution in [1.29, 1.82) is 0 Å². The number of thiazole rings is 1. The van der Waals surface area contributed by atoms with Gasteiger partial charge in [0.2, 0.25) is 0 Å². The minimum absolute atomic E-state index is 0.0458. The van der Waals surface area contributed by atoms with Crippen molar-refractivity contribution in [2.75, 3.05) is 26.2 Å². The maximum atomic E-state index is 12.6. The van der Waals surface area contributed by atoms with E-state index < -0.39 is 0 Å². The molecule has 8 heteroatoms. The predicted molar refractivity (Wildman–Crippen MR) is 90.0 cm³/mol. The van der Waals surface area contributed by atoms with Crippen LogP contribution in [-0.2, 0) is 6.54 Å². The van der Waals surface area contributed by atoms with Crippen molar-refractivity contribution in [2.24, 2.45) is 5.73 Å². The molecule has 3 rings (SSSR count). The minimum Gasteiger partial charge on any atom is -0.466 e. The summed E-state index contributed by atoms with van der Waals surface area (Å²) >= 11 is 1.39. The lowest BCUT2D eigenvalue weighted by Gasteiger charge is -2.34. The van der Waals surface area contributed by atoms with Crippen LogP contribution in [0, 0.1) is 13.8 Å². The van der Waals surface area contributed by atoms with Gasteiger partial charge in [-0.15, -0.1) is 11.3 Å². The van der Waals surface area contributed by atoms with E-state index >= 15 is 0 Å². The van der Waals surface area contributed by atoms with E-state index in [1.54, 1.807) is 28.2 Å². The van der Waals surface area contributed by atoms with Gasteiger partial charge in [-0.3, -0.25) is 9.59 Å². The Kier molecular flexibility index (Phi) is 4.68. The van der Waals surface area contributed by atoms with Crippen LogP contribution in [0.2, 0.25) is 0 Å². The van der Waals surface area contributed by atoms with E-state index in [-0.39, 0.29) is 11.8 Å². The Bertz CT molecular complexity index is 759. The number of aryl methyl sites for hydroxylation is 2. The Morgan fingerprint density at radius 2 is 1.83 bits per heavy atom. The van der Waals surface area contributed by atoms with E-state index in [0.29, 0.717) is 49.7 Å². The number of hydrogen-bond acceptors (Lipinski definition) is 6. The molecule has 1 saturated heterocycles. The van der Waals surface area contributed by atoms with Crippen LogP contribution in [0.4, 0.5) is 0 Å². The highest BCUT2D eigenvalue weighted by Crippen LogP contribution is 2.18. The first kappa shape index (κ1) is 16.7. The van der Waals surface area contributed by atoms with Gasteiger partial charge in [0, 0.05) is 38.1 Å². The smallest absolute Gasteiger partial charge is 0.273 e. The summed E-state index contributed by atoms with van der Waals surface area (Å²) in [5.41, 5.74) is 6.56. The molecule has 128 valence electrons. The highest BCUT2D eigenvalue weighted by atomic mass is 32.1. The maximum absolute atomic E-state index is 12.6. The second kappa shape index (κ2) is 6.74. The lowest BCUT2D eigenvalue weighted by Crippen LogP contribution is -2.50. The number of carbonyl (C=O) groups is 2. The van der Waals surface area contributed by atoms with Crippen molar-refractivity contribution in [2.45, 2.75) is 20.4 Å². The first-order chi connectivity index (χ1) is 11.5. The van der Waals surface area contributed by atoms with Gasteiger partial charge in [0.1, 0.15) is 22.2 Å². The predicted octanol–water partition coefficient (Wildman–Crippen LogP) is 1.41. The van der Waals surface area contributed by atoms with Crippen LogP contribution in [0.5, 0.6) is 0 Å². The molecule has 2 N–H and O–H groups in total. The van der Waals surface area contributed by atoms with Crippen LogP contribution in [0.3, 0.4) is 0 Å². The zero-order chi connectivity index (χ0) is 17.3. The molecule has 2 amide bonds. The van der Waals surface area contributed by atoms with Crippen LogP contribution < -0.4 is 5.73 Å². The largest absolute Gasteiger partial charge is 0.466 e. The van der Waals surface area contributed by atoms with Crippen molar-refractivity contribution < 1.29 is 14.0 Å². The molecule has 2 aromatic heterocycles. The van der Waals surface area contributed by atoms with Gasteiger partial charge in [-0.2, -0.15) is 0 Å². The van der Waals surface area contributed by atoms with Gasteiger partial charge in [0.25, 0.3) is 11.8 Å². The highest BCUT2D eigenvalue weighted by Gasteiger charge is 2.28. The summed E-state index contributed by atoms with van der Waals surface area (Å²) in [5, 5.41) is 2.48. The second-order valence-electron chi connectivity index (χ2n) is 5.74. The van der Waals surface area contributed by atoms with E-state index in [1.807, 2.05) is 6.92 Å². The number of aromatic nitrogens is 1. The first-order valence-corrected chi connectivity index (χ1v) is 8.67. The Morgan fingerprint density at radius 3 is 2.33 bits per heavy atom. The van der Waals surface area contributed by atoms with Gasteiger partial charge >= 0.3 is 0 Å². The van der Waals surface area contributed by atoms with Gasteiger partial charge < -0.3 is 20.0 Å². The van der Waals surface area contributed by atoms with Crippen molar-refractivity contribution in [3.05, 3.63) is 39.2 Å². The molecule has 0 unspecified atom stereocenters. The number of piperazine rings is 1. The number of furan rings is 1. The van der Waals surface area contributed by atoms with E-state index in [1.165, 1.54) is 11.3 Å². The van der Waals surface area contributed by atoms with Gasteiger partial charge in [-0.1, -0.05) is 0 Å². The monoisotopic (exact) mass is 348 g/mol. The minimum atomic E-state index is -0.103. The van der Waals surface area contributed by atoms with Gasteiger partial charge in [0.05, 0.1) is 5.56 Å². The molecule has 2 aromatic rings. The number of amides is 2. The van der Waals surface area contributed by atoms with Gasteiger partial charge in [-0.25, -0.2) is 4.98 Å². The van der Waals surface area contributed by atoms with Crippen LogP contribution in [0.25, 0.3) is 0 Å². The number of carbonyl (C=O) groups excluding carboxylic acids is 2. The highest BCUT2D eigenvalue weighted by molar-refractivity contribution is 7.09. The van der Waals surface area contributed by atoms with E-state index in [0.717, 1.165) is 10.8 Å². The summed E-state index contributed by atoms with van der Waals surface area (Å²) in [7, 11) is 0. The summed E-state index contributed by atoms with van der Waals surface area (Å²) in [6.07, 6.45) is 0. The summed E-state index contributed by atoms with van der Waals surface area (Å²) in [6, 6.07) is 1.76. The van der Waals surface area contributed by atoms with Crippen molar-refractivity contribution >= 4 is 23.2 Å². The molecule has 1 aliphatic heterocycles. The fourth-order valence-corrected chi connectivity index (χ4v) is 3.44. The first-order valence-electron chi connectivity index (χ1n) is 7.79. The third-order valence-corrected chi connectivity index (χ3v) is 4.94. The third-order valence-electron chi connectivity index (χ3n) is 4.07. The summed E-state index contributed by atoms with van der Waals surface area (Å²) in [5.74, 6) is 1.21. The molecular formula is C16H20N4O3S. The van der Waals surface area contributed by atoms with Gasteiger partial charge in [0.15, 0.2) is 0 Å². The topological polar surface area (TPSA) is 92.7 Å². The molecule has 24 heavy (non-hydrogen) atoms. The Labute approximate surface area is 144 Å². The van der Waals surface area contributed by atoms with Crippen LogP contribution >= 0.6 is 11.3 Å². The zero-order valence-electron chi connectivity index (χ0n) is 13.7. The van der Waals surface area contributed by atoms with Crippen LogP contribution in [0.15, 0.2) is 15.9 Å². The molecule has 0 aliphatic carbocycles. The molecule has 1 aliphatic rings. The maximum Gasteiger partial charge on any atom is 0.273 e. The molecule has 0 radical (unpaired) electrons. The summed E-state index contributed by atoms with van der Waals surface area (Å²) in [6.45, 7) is 5.95. The number of rotatable bonds is 3. The van der Waals surface area contributed by atoms with Crippen molar-refractivity contribution in [1.82, 2.24) is 14.8 Å². The van der Waals surface area contributed by atoms with Gasteiger partial charge in [-0.05, 0) is 19.9 Å². The lowest BCUT2D eigenvalue weighted by atomic mass is 10.2. The summed E-state index contributed by atoms with van der Waals surface area (Å²) < 4.78 is 5.43. The average Bonchev–Trinajstić information content (AvgIpc) is 3.20. The van der Waals surface area contributed by atoms with Crippen molar-refractivity contribution in [3.63, 3.8) is 0 Å². The SMILES string of the molecule is Cc1cc(C(=O)N2CCN(C(=O)c3csc(CN)n3)CC2)c(C)o1. The van der Waals surface area contributed by atoms with Crippen molar-refractivity contribution in [3.8, 4) is 0 Å². The summed E-state index contributed by atoms with van der Waals surface area (Å²) in [4.78, 5) is 32.7. The Hall–Kier alpha value is -2.19. The quantitative estimate of drug-likeness (QED) is 0.905. The molecule has 0 aromatic carbocycles. The molecule has 0 saturated carbocycles. The van der Waals surface area contributed by atoms with E-state index in [4.69, 9.17) is 10.2 Å².